The summed E-state index contributed by atoms with van der Waals surface area (Å²) in [5.74, 6) is 1.77. The van der Waals surface area contributed by atoms with Crippen molar-refractivity contribution in [1.82, 2.24) is 4.90 Å². The van der Waals surface area contributed by atoms with E-state index in [1.807, 2.05) is 0 Å². The molecule has 3 heteroatoms. The lowest BCUT2D eigenvalue weighted by molar-refractivity contribution is -0.196. The Morgan fingerprint density at radius 2 is 1.89 bits per heavy atom. The van der Waals surface area contributed by atoms with Crippen LogP contribution in [-0.4, -0.2) is 40.5 Å². The van der Waals surface area contributed by atoms with Crippen LogP contribution in [0.2, 0.25) is 0 Å². The van der Waals surface area contributed by atoms with Gasteiger partial charge in [-0.3, -0.25) is 9.69 Å². The Morgan fingerprint density at radius 3 is 2.63 bits per heavy atom. The number of ketones is 1. The molecule has 19 heavy (non-hydrogen) atoms. The number of Topliss-reactive ketones (excluding diaryl/α,β-unsaturated/α-hetero) is 1. The molecule has 106 valence electrons. The molecule has 0 aromatic heterocycles. The summed E-state index contributed by atoms with van der Waals surface area (Å²) in [4.78, 5) is 15.2. The van der Waals surface area contributed by atoms with Crippen molar-refractivity contribution >= 4 is 5.78 Å². The molecule has 4 aliphatic rings. The SMILES string of the molecule is C[C@@H]1CC23[C@@H]4CCCN2CCC[C@@H]3[C@H](C[C@H]4O)C1=O. The Bertz CT molecular complexity index is 408. The Hall–Kier alpha value is -0.410. The smallest absolute Gasteiger partial charge is 0.139 e. The van der Waals surface area contributed by atoms with E-state index in [2.05, 4.69) is 11.8 Å². The summed E-state index contributed by atoms with van der Waals surface area (Å²) in [7, 11) is 0. The molecule has 0 aromatic rings. The average Bonchev–Trinajstić information content (AvgIpc) is 2.40. The molecule has 2 saturated heterocycles. The molecule has 4 rings (SSSR count). The maximum Gasteiger partial charge on any atom is 0.139 e. The van der Waals surface area contributed by atoms with Gasteiger partial charge in [0.2, 0.25) is 0 Å². The molecule has 1 spiro atoms. The Labute approximate surface area is 115 Å². The highest BCUT2D eigenvalue weighted by Crippen LogP contribution is 2.59. The number of hydrogen-bond acceptors (Lipinski definition) is 3. The van der Waals surface area contributed by atoms with E-state index in [0.29, 0.717) is 17.6 Å². The summed E-state index contributed by atoms with van der Waals surface area (Å²) in [6, 6.07) is 0. The minimum atomic E-state index is -0.237. The van der Waals surface area contributed by atoms with Gasteiger partial charge in [-0.15, -0.1) is 0 Å². The molecule has 0 radical (unpaired) electrons. The van der Waals surface area contributed by atoms with Gasteiger partial charge in [0.25, 0.3) is 0 Å². The van der Waals surface area contributed by atoms with Crippen LogP contribution in [0.5, 0.6) is 0 Å². The van der Waals surface area contributed by atoms with Gasteiger partial charge in [-0.25, -0.2) is 0 Å². The lowest BCUT2D eigenvalue weighted by atomic mass is 9.48. The van der Waals surface area contributed by atoms with Crippen molar-refractivity contribution in [3.8, 4) is 0 Å². The number of aliphatic hydroxyl groups excluding tert-OH is 1. The van der Waals surface area contributed by atoms with Gasteiger partial charge in [0.05, 0.1) is 6.10 Å². The van der Waals surface area contributed by atoms with Crippen LogP contribution in [0.4, 0.5) is 0 Å². The number of nitrogens with zero attached hydrogens (tertiary/aromatic N) is 1. The lowest BCUT2D eigenvalue weighted by Gasteiger charge is -2.67. The van der Waals surface area contributed by atoms with Crippen LogP contribution in [-0.2, 0) is 4.79 Å². The van der Waals surface area contributed by atoms with Crippen LogP contribution < -0.4 is 0 Å². The van der Waals surface area contributed by atoms with E-state index < -0.39 is 0 Å². The second-order valence-electron chi connectivity index (χ2n) is 7.39. The van der Waals surface area contributed by atoms with Gasteiger partial charge in [0.15, 0.2) is 0 Å². The summed E-state index contributed by atoms with van der Waals surface area (Å²) in [6.45, 7) is 4.50. The zero-order chi connectivity index (χ0) is 13.2. The van der Waals surface area contributed by atoms with E-state index in [4.69, 9.17) is 0 Å². The third-order valence-corrected chi connectivity index (χ3v) is 6.69. The normalized spacial score (nSPS) is 53.8. The monoisotopic (exact) mass is 263 g/mol. The second-order valence-corrected chi connectivity index (χ2v) is 7.39. The number of aliphatic hydroxyl groups is 1. The molecular weight excluding hydrogens is 238 g/mol. The summed E-state index contributed by atoms with van der Waals surface area (Å²) >= 11 is 0. The molecule has 2 heterocycles. The topological polar surface area (TPSA) is 40.5 Å². The van der Waals surface area contributed by atoms with Crippen molar-refractivity contribution in [2.75, 3.05) is 13.1 Å². The summed E-state index contributed by atoms with van der Waals surface area (Å²) in [5.41, 5.74) is 0.173. The Balaban J connectivity index is 1.83. The first-order valence-corrected chi connectivity index (χ1v) is 8.11. The summed E-state index contributed by atoms with van der Waals surface area (Å²) < 4.78 is 0. The average molecular weight is 263 g/mol. The van der Waals surface area contributed by atoms with Crippen LogP contribution in [0.1, 0.15) is 45.4 Å². The van der Waals surface area contributed by atoms with E-state index in [0.717, 1.165) is 12.8 Å². The molecule has 1 unspecified atom stereocenters. The van der Waals surface area contributed by atoms with Gasteiger partial charge in [-0.05, 0) is 57.5 Å². The molecule has 2 aliphatic carbocycles. The van der Waals surface area contributed by atoms with E-state index >= 15 is 0 Å². The standard InChI is InChI=1S/C16H25NO2/c1-10-9-16-12-4-2-6-17(16)7-3-5-13(16)14(18)8-11(12)15(10)19/h10-14,18H,2-9H2,1H3/t10-,11+,12-,13-,14-,16?/m1/s1. The fourth-order valence-electron chi connectivity index (χ4n) is 6.14. The van der Waals surface area contributed by atoms with Crippen molar-refractivity contribution in [2.24, 2.45) is 23.7 Å². The molecule has 2 saturated carbocycles. The number of carbonyl (C=O) groups excluding carboxylic acids is 1. The van der Waals surface area contributed by atoms with Gasteiger partial charge < -0.3 is 5.11 Å². The zero-order valence-electron chi connectivity index (χ0n) is 11.8. The largest absolute Gasteiger partial charge is 0.393 e. The molecule has 1 N–H and O–H groups in total. The number of carbonyl (C=O) groups is 1. The lowest BCUT2D eigenvalue weighted by Crippen LogP contribution is -2.73. The van der Waals surface area contributed by atoms with E-state index in [1.165, 1.54) is 38.8 Å². The highest BCUT2D eigenvalue weighted by Gasteiger charge is 2.64. The molecule has 0 aromatic carbocycles. The van der Waals surface area contributed by atoms with E-state index in [9.17, 15) is 9.90 Å². The van der Waals surface area contributed by atoms with Crippen LogP contribution in [0.15, 0.2) is 0 Å². The first kappa shape index (κ1) is 12.3. The van der Waals surface area contributed by atoms with Gasteiger partial charge in [-0.1, -0.05) is 6.92 Å². The quantitative estimate of drug-likeness (QED) is 0.725. The minimum absolute atomic E-state index is 0.149. The number of hydrogen-bond donors (Lipinski definition) is 1. The van der Waals surface area contributed by atoms with Crippen molar-refractivity contribution in [1.29, 1.82) is 0 Å². The van der Waals surface area contributed by atoms with E-state index in [1.54, 1.807) is 0 Å². The zero-order valence-corrected chi connectivity index (χ0v) is 11.8. The minimum Gasteiger partial charge on any atom is -0.393 e. The van der Waals surface area contributed by atoms with Gasteiger partial charge in [-0.2, -0.15) is 0 Å². The third-order valence-electron chi connectivity index (χ3n) is 6.69. The van der Waals surface area contributed by atoms with Crippen molar-refractivity contribution < 1.29 is 9.90 Å². The van der Waals surface area contributed by atoms with Gasteiger partial charge in [0, 0.05) is 23.3 Å². The second kappa shape index (κ2) is 4.05. The van der Waals surface area contributed by atoms with Crippen molar-refractivity contribution in [3.63, 3.8) is 0 Å². The molecule has 2 aliphatic heterocycles. The Kier molecular flexibility index (Phi) is 2.63. The summed E-state index contributed by atoms with van der Waals surface area (Å²) in [6.07, 6.45) is 6.36. The molecular formula is C16H25NO2. The van der Waals surface area contributed by atoms with Crippen molar-refractivity contribution in [3.05, 3.63) is 0 Å². The fourth-order valence-corrected chi connectivity index (χ4v) is 6.14. The van der Waals surface area contributed by atoms with Gasteiger partial charge >= 0.3 is 0 Å². The predicted octanol–water partition coefficient (Wildman–Crippen LogP) is 1.84. The molecule has 6 atom stereocenters. The first-order chi connectivity index (χ1) is 9.14. The predicted molar refractivity (Wildman–Crippen MR) is 72.7 cm³/mol. The van der Waals surface area contributed by atoms with Crippen LogP contribution >= 0.6 is 0 Å². The fraction of sp³-hybridized carbons (Fsp3) is 0.938. The Morgan fingerprint density at radius 1 is 1.21 bits per heavy atom. The van der Waals surface area contributed by atoms with Gasteiger partial charge in [0.1, 0.15) is 5.78 Å². The number of rotatable bonds is 0. The molecule has 2 bridgehead atoms. The maximum atomic E-state index is 12.5. The van der Waals surface area contributed by atoms with Crippen LogP contribution in [0.3, 0.4) is 0 Å². The third kappa shape index (κ3) is 1.43. The van der Waals surface area contributed by atoms with Crippen LogP contribution in [0, 0.1) is 23.7 Å². The maximum absolute atomic E-state index is 12.5. The van der Waals surface area contributed by atoms with Crippen molar-refractivity contribution in [2.45, 2.75) is 57.1 Å². The molecule has 3 nitrogen and oxygen atoms in total. The van der Waals surface area contributed by atoms with E-state index in [-0.39, 0.29) is 23.5 Å². The molecule has 0 amide bonds. The number of piperidine rings is 2. The first-order valence-electron chi connectivity index (χ1n) is 8.11. The highest BCUT2D eigenvalue weighted by molar-refractivity contribution is 5.85. The highest BCUT2D eigenvalue weighted by atomic mass is 16.3. The van der Waals surface area contributed by atoms with Crippen LogP contribution in [0.25, 0.3) is 0 Å². The summed E-state index contributed by atoms with van der Waals surface area (Å²) in [5, 5.41) is 10.6. The molecule has 4 fully saturated rings.